The number of hydrogen-bond acceptors (Lipinski definition) is 2. The second-order valence-electron chi connectivity index (χ2n) is 5.08. The minimum atomic E-state index is -5.32. The molecule has 0 saturated carbocycles. The van der Waals surface area contributed by atoms with E-state index in [0.29, 0.717) is 12.8 Å². The highest BCUT2D eigenvalue weighted by atomic mass is 28.5. The summed E-state index contributed by atoms with van der Waals surface area (Å²) in [6.45, 7) is 5.18. The van der Waals surface area contributed by atoms with Crippen molar-refractivity contribution in [2.75, 3.05) is 0 Å². The van der Waals surface area contributed by atoms with Gasteiger partial charge in [0.15, 0.2) is 0 Å². The fourth-order valence-corrected chi connectivity index (χ4v) is 2.60. The number of halogens is 3. The molecule has 0 heterocycles. The highest BCUT2D eigenvalue weighted by molar-refractivity contribution is 6.58. The summed E-state index contributed by atoms with van der Waals surface area (Å²) >= 11 is 0. The lowest BCUT2D eigenvalue weighted by Crippen LogP contribution is -2.13. The van der Waals surface area contributed by atoms with E-state index in [2.05, 4.69) is 6.58 Å². The molecule has 0 amide bonds. The summed E-state index contributed by atoms with van der Waals surface area (Å²) in [5.74, 6) is -0.397. The lowest BCUT2D eigenvalue weighted by molar-refractivity contribution is -0.142. The van der Waals surface area contributed by atoms with Gasteiger partial charge in [0.05, 0.1) is 6.10 Å². The summed E-state index contributed by atoms with van der Waals surface area (Å²) < 4.78 is 41.1. The highest BCUT2D eigenvalue weighted by Gasteiger charge is 2.35. The Bertz CT molecular complexity index is 280. The average molecular weight is 310 g/mol. The predicted octanol–water partition coefficient (Wildman–Crippen LogP) is 5.07. The standard InChI is InChI=1S/C14H25F3O2Si/c1-3-14(18)19-13(2)11-9-7-5-4-6-8-10-12-20(15,16)17/h3,13H,1,4-12H2,2H3. The first-order valence-electron chi connectivity index (χ1n) is 7.25. The van der Waals surface area contributed by atoms with E-state index in [9.17, 15) is 17.1 Å². The summed E-state index contributed by atoms with van der Waals surface area (Å²) in [6, 6.07) is -0.529. The van der Waals surface area contributed by atoms with Crippen molar-refractivity contribution in [1.82, 2.24) is 0 Å². The van der Waals surface area contributed by atoms with Crippen LogP contribution in [0.3, 0.4) is 0 Å². The average Bonchev–Trinajstić information content (AvgIpc) is 2.35. The van der Waals surface area contributed by atoms with Crippen molar-refractivity contribution in [3.8, 4) is 0 Å². The third-order valence-corrected chi connectivity index (χ3v) is 3.98. The van der Waals surface area contributed by atoms with Gasteiger partial charge in [-0.25, -0.2) is 17.1 Å². The summed E-state index contributed by atoms with van der Waals surface area (Å²) in [5, 5.41) is 0. The molecule has 0 rings (SSSR count). The van der Waals surface area contributed by atoms with Gasteiger partial charge in [-0.05, 0) is 26.2 Å². The lowest BCUT2D eigenvalue weighted by atomic mass is 10.1. The van der Waals surface area contributed by atoms with Crippen LogP contribution in [0.25, 0.3) is 0 Å². The lowest BCUT2D eigenvalue weighted by Gasteiger charge is -2.11. The van der Waals surface area contributed by atoms with Crippen LogP contribution in [0.1, 0.15) is 58.3 Å². The molecule has 0 aromatic rings. The van der Waals surface area contributed by atoms with Crippen LogP contribution in [0.15, 0.2) is 12.7 Å². The van der Waals surface area contributed by atoms with Crippen LogP contribution >= 0.6 is 0 Å². The van der Waals surface area contributed by atoms with Gasteiger partial charge in [-0.3, -0.25) is 0 Å². The largest absolute Gasteiger partial charge is 0.616 e. The Labute approximate surface area is 120 Å². The molecule has 0 aliphatic heterocycles. The summed E-state index contributed by atoms with van der Waals surface area (Å²) in [7, 11) is -5.32. The van der Waals surface area contributed by atoms with Crippen molar-refractivity contribution < 1.29 is 21.9 Å². The van der Waals surface area contributed by atoms with Crippen LogP contribution in [0, 0.1) is 0 Å². The summed E-state index contributed by atoms with van der Waals surface area (Å²) in [6.07, 6.45) is 7.75. The molecule has 1 unspecified atom stereocenters. The van der Waals surface area contributed by atoms with Gasteiger partial charge in [-0.15, -0.1) is 0 Å². The highest BCUT2D eigenvalue weighted by Crippen LogP contribution is 2.19. The Morgan fingerprint density at radius 3 is 2.10 bits per heavy atom. The monoisotopic (exact) mass is 310 g/mol. The quantitative estimate of drug-likeness (QED) is 0.165. The summed E-state index contributed by atoms with van der Waals surface area (Å²) in [5.41, 5.74) is 0. The van der Waals surface area contributed by atoms with Crippen molar-refractivity contribution in [2.45, 2.75) is 70.4 Å². The van der Waals surface area contributed by atoms with Gasteiger partial charge in [-0.1, -0.05) is 38.7 Å². The third-order valence-electron chi connectivity index (χ3n) is 3.05. The van der Waals surface area contributed by atoms with E-state index >= 15 is 0 Å². The number of carbonyl (C=O) groups excluding carboxylic acids is 1. The molecule has 0 bridgehead atoms. The molecular formula is C14H25F3O2Si. The van der Waals surface area contributed by atoms with E-state index in [1.54, 1.807) is 0 Å². The normalized spacial score (nSPS) is 13.0. The minimum absolute atomic E-state index is 0.0998. The molecule has 6 heteroatoms. The number of carbonyl (C=O) groups is 1. The Kier molecular flexibility index (Phi) is 10.5. The molecule has 0 aliphatic rings. The van der Waals surface area contributed by atoms with Crippen molar-refractivity contribution in [3.63, 3.8) is 0 Å². The van der Waals surface area contributed by atoms with Crippen LogP contribution in [0.4, 0.5) is 12.3 Å². The van der Waals surface area contributed by atoms with E-state index < -0.39 is 21.1 Å². The molecule has 0 saturated heterocycles. The number of esters is 1. The van der Waals surface area contributed by atoms with Crippen LogP contribution < -0.4 is 0 Å². The van der Waals surface area contributed by atoms with Crippen LogP contribution in [0.5, 0.6) is 0 Å². The topological polar surface area (TPSA) is 26.3 Å². The summed E-state index contributed by atoms with van der Waals surface area (Å²) in [4.78, 5) is 10.9. The van der Waals surface area contributed by atoms with Crippen molar-refractivity contribution in [2.24, 2.45) is 0 Å². The van der Waals surface area contributed by atoms with E-state index in [0.717, 1.165) is 44.6 Å². The first-order valence-corrected chi connectivity index (χ1v) is 9.09. The Hall–Kier alpha value is -0.783. The first-order chi connectivity index (χ1) is 9.35. The van der Waals surface area contributed by atoms with Gasteiger partial charge in [0.1, 0.15) is 0 Å². The fraction of sp³-hybridized carbons (Fsp3) is 0.786. The Morgan fingerprint density at radius 2 is 1.60 bits per heavy atom. The van der Waals surface area contributed by atoms with Crippen molar-refractivity contribution in [3.05, 3.63) is 12.7 Å². The molecule has 20 heavy (non-hydrogen) atoms. The van der Waals surface area contributed by atoms with E-state index in [1.807, 2.05) is 6.92 Å². The van der Waals surface area contributed by atoms with Crippen molar-refractivity contribution in [1.29, 1.82) is 0 Å². The zero-order valence-corrected chi connectivity index (χ0v) is 13.2. The number of rotatable bonds is 12. The molecule has 0 N–H and O–H groups in total. The smallest absolute Gasteiger partial charge is 0.460 e. The zero-order valence-electron chi connectivity index (χ0n) is 12.2. The fourth-order valence-electron chi connectivity index (χ4n) is 1.95. The molecule has 1 atom stereocenters. The minimum Gasteiger partial charge on any atom is -0.460 e. The Balaban J connectivity index is 3.28. The van der Waals surface area contributed by atoms with Gasteiger partial charge in [-0.2, -0.15) is 0 Å². The second kappa shape index (κ2) is 10.9. The van der Waals surface area contributed by atoms with E-state index in [1.165, 1.54) is 0 Å². The Morgan fingerprint density at radius 1 is 1.10 bits per heavy atom. The molecular weight excluding hydrogens is 285 g/mol. The SMILES string of the molecule is C=CC(=O)OC(C)CCCCCCCCC[Si](F)(F)F. The maximum Gasteiger partial charge on any atom is 0.616 e. The maximum absolute atomic E-state index is 12.0. The van der Waals surface area contributed by atoms with Crippen LogP contribution in [-0.4, -0.2) is 21.1 Å². The first kappa shape index (κ1) is 19.2. The second-order valence-corrected chi connectivity index (χ2v) is 6.81. The van der Waals surface area contributed by atoms with Gasteiger partial charge >= 0.3 is 15.0 Å². The molecule has 0 radical (unpaired) electrons. The van der Waals surface area contributed by atoms with Gasteiger partial charge in [0.2, 0.25) is 0 Å². The molecule has 0 aromatic carbocycles. The van der Waals surface area contributed by atoms with Gasteiger partial charge < -0.3 is 4.74 Å². The van der Waals surface area contributed by atoms with Crippen LogP contribution in [0.2, 0.25) is 6.04 Å². The molecule has 0 aliphatic carbocycles. The molecule has 0 fully saturated rings. The van der Waals surface area contributed by atoms with Crippen LogP contribution in [-0.2, 0) is 9.53 Å². The molecule has 0 spiro atoms. The zero-order chi connectivity index (χ0) is 15.4. The number of ether oxygens (including phenoxy) is 1. The maximum atomic E-state index is 12.0. The predicted molar refractivity (Wildman–Crippen MR) is 76.6 cm³/mol. The van der Waals surface area contributed by atoms with E-state index in [4.69, 9.17) is 4.74 Å². The van der Waals surface area contributed by atoms with Crippen molar-refractivity contribution >= 4 is 15.0 Å². The molecule has 118 valence electrons. The number of unbranched alkanes of at least 4 members (excludes halogenated alkanes) is 6. The third kappa shape index (κ3) is 13.6. The molecule has 2 nitrogen and oxygen atoms in total. The van der Waals surface area contributed by atoms with E-state index in [-0.39, 0.29) is 6.10 Å². The van der Waals surface area contributed by atoms with Gasteiger partial charge in [0.25, 0.3) is 0 Å². The molecule has 0 aromatic heterocycles. The van der Waals surface area contributed by atoms with Gasteiger partial charge in [0, 0.05) is 12.1 Å². The number of hydrogen-bond donors (Lipinski definition) is 0.